The normalized spacial score (nSPS) is 24.0. The number of rotatable bonds is 6. The van der Waals surface area contributed by atoms with Crippen LogP contribution in [0.15, 0.2) is 24.3 Å². The second kappa shape index (κ2) is 7.01. The zero-order valence-electron chi connectivity index (χ0n) is 15.0. The van der Waals surface area contributed by atoms with Crippen LogP contribution in [0.1, 0.15) is 12.0 Å². The first-order valence-electron chi connectivity index (χ1n) is 8.46. The van der Waals surface area contributed by atoms with Gasteiger partial charge in [-0.1, -0.05) is 12.1 Å². The Labute approximate surface area is 148 Å². The summed E-state index contributed by atoms with van der Waals surface area (Å²) in [4.78, 5) is 30.4. The second-order valence-corrected chi connectivity index (χ2v) is 6.63. The topological polar surface area (TPSA) is 62.3 Å². The van der Waals surface area contributed by atoms with Crippen LogP contribution in [0.4, 0.5) is 4.79 Å². The van der Waals surface area contributed by atoms with E-state index >= 15 is 0 Å². The van der Waals surface area contributed by atoms with Crippen molar-refractivity contribution >= 4 is 11.9 Å². The molecule has 2 saturated heterocycles. The third-order valence-corrected chi connectivity index (χ3v) is 5.12. The third kappa shape index (κ3) is 3.09. The van der Waals surface area contributed by atoms with Crippen molar-refractivity contribution in [1.29, 1.82) is 0 Å². The minimum Gasteiger partial charge on any atom is -0.497 e. The SMILES string of the molecule is COCCN1C(=O)N(C)C(=O)[C@@]12CCN(Cc1cccc(OC)c1)C2. The molecule has 7 nitrogen and oxygen atoms in total. The molecule has 3 amide bonds. The van der Waals surface area contributed by atoms with Crippen LogP contribution in [0.5, 0.6) is 5.75 Å². The van der Waals surface area contributed by atoms with Crippen molar-refractivity contribution in [1.82, 2.24) is 14.7 Å². The number of imide groups is 1. The summed E-state index contributed by atoms with van der Waals surface area (Å²) in [6, 6.07) is 7.69. The molecule has 0 aromatic heterocycles. The van der Waals surface area contributed by atoms with Gasteiger partial charge in [-0.15, -0.1) is 0 Å². The number of urea groups is 1. The van der Waals surface area contributed by atoms with E-state index in [-0.39, 0.29) is 11.9 Å². The van der Waals surface area contributed by atoms with Gasteiger partial charge in [-0.25, -0.2) is 4.79 Å². The molecular weight excluding hydrogens is 322 g/mol. The van der Waals surface area contributed by atoms with E-state index in [0.29, 0.717) is 26.1 Å². The fourth-order valence-electron chi connectivity index (χ4n) is 3.80. The highest BCUT2D eigenvalue weighted by Gasteiger charge is 2.58. The maximum absolute atomic E-state index is 12.8. The van der Waals surface area contributed by atoms with Gasteiger partial charge in [0.2, 0.25) is 0 Å². The Morgan fingerprint density at radius 3 is 2.76 bits per heavy atom. The van der Waals surface area contributed by atoms with E-state index in [9.17, 15) is 9.59 Å². The minimum absolute atomic E-state index is 0.109. The molecule has 0 N–H and O–H groups in total. The van der Waals surface area contributed by atoms with Crippen LogP contribution in [0.2, 0.25) is 0 Å². The molecule has 0 unspecified atom stereocenters. The van der Waals surface area contributed by atoms with E-state index < -0.39 is 5.54 Å². The van der Waals surface area contributed by atoms with Gasteiger partial charge in [0.25, 0.3) is 5.91 Å². The van der Waals surface area contributed by atoms with Crippen LogP contribution in [0, 0.1) is 0 Å². The lowest BCUT2D eigenvalue weighted by molar-refractivity contribution is -0.132. The number of amides is 3. The monoisotopic (exact) mass is 347 g/mol. The molecule has 3 rings (SSSR count). The van der Waals surface area contributed by atoms with E-state index in [2.05, 4.69) is 4.90 Å². The van der Waals surface area contributed by atoms with E-state index in [1.807, 2.05) is 24.3 Å². The molecule has 136 valence electrons. The average Bonchev–Trinajstić information content (AvgIpc) is 3.11. The standard InChI is InChI=1S/C18H25N3O4/c1-19-16(22)18(21(17(19)23)9-10-24-2)7-8-20(13-18)12-14-5-4-6-15(11-14)25-3/h4-6,11H,7-10,12-13H2,1-3H3/t18-/m0/s1. The number of ether oxygens (including phenoxy) is 2. The largest absolute Gasteiger partial charge is 0.497 e. The molecule has 0 aliphatic carbocycles. The molecule has 0 saturated carbocycles. The van der Waals surface area contributed by atoms with Crippen molar-refractivity contribution in [2.24, 2.45) is 0 Å². The molecule has 7 heteroatoms. The Morgan fingerprint density at radius 2 is 2.04 bits per heavy atom. The maximum Gasteiger partial charge on any atom is 0.327 e. The fraction of sp³-hybridized carbons (Fsp3) is 0.556. The quantitative estimate of drug-likeness (QED) is 0.723. The van der Waals surface area contributed by atoms with Crippen molar-refractivity contribution in [3.63, 3.8) is 0 Å². The number of likely N-dealkylation sites (N-methyl/N-ethyl adjacent to an activating group) is 1. The summed E-state index contributed by atoms with van der Waals surface area (Å²) >= 11 is 0. The Morgan fingerprint density at radius 1 is 1.24 bits per heavy atom. The maximum atomic E-state index is 12.8. The first kappa shape index (κ1) is 17.7. The summed E-state index contributed by atoms with van der Waals surface area (Å²) < 4.78 is 10.4. The lowest BCUT2D eigenvalue weighted by atomic mass is 9.97. The minimum atomic E-state index is -0.761. The summed E-state index contributed by atoms with van der Waals surface area (Å²) in [6.45, 7) is 2.89. The molecule has 2 aliphatic heterocycles. The molecule has 1 aromatic rings. The predicted octanol–water partition coefficient (Wildman–Crippen LogP) is 1.18. The number of likely N-dealkylation sites (tertiary alicyclic amines) is 1. The number of benzene rings is 1. The summed E-state index contributed by atoms with van der Waals surface area (Å²) in [5, 5.41) is 0. The first-order chi connectivity index (χ1) is 12.0. The lowest BCUT2D eigenvalue weighted by Gasteiger charge is -2.31. The van der Waals surface area contributed by atoms with E-state index in [0.717, 1.165) is 24.4 Å². The highest BCUT2D eigenvalue weighted by molar-refractivity contribution is 6.07. The molecule has 2 heterocycles. The number of carbonyl (C=O) groups excluding carboxylic acids is 2. The second-order valence-electron chi connectivity index (χ2n) is 6.63. The van der Waals surface area contributed by atoms with Crippen LogP contribution in [0.25, 0.3) is 0 Å². The highest BCUT2D eigenvalue weighted by atomic mass is 16.5. The molecule has 1 spiro atoms. The Balaban J connectivity index is 1.76. The number of hydrogen-bond donors (Lipinski definition) is 0. The average molecular weight is 347 g/mol. The smallest absolute Gasteiger partial charge is 0.327 e. The van der Waals surface area contributed by atoms with E-state index in [4.69, 9.17) is 9.47 Å². The molecule has 1 aromatic carbocycles. The van der Waals surface area contributed by atoms with Crippen molar-refractivity contribution in [2.75, 3.05) is 47.5 Å². The summed E-state index contributed by atoms with van der Waals surface area (Å²) in [5.74, 6) is 0.710. The predicted molar refractivity (Wildman–Crippen MR) is 92.4 cm³/mol. The van der Waals surface area contributed by atoms with Gasteiger partial charge in [-0.3, -0.25) is 14.6 Å². The highest BCUT2D eigenvalue weighted by Crippen LogP contribution is 2.36. The van der Waals surface area contributed by atoms with E-state index in [1.165, 1.54) is 4.90 Å². The van der Waals surface area contributed by atoms with Gasteiger partial charge in [0.1, 0.15) is 11.3 Å². The first-order valence-corrected chi connectivity index (χ1v) is 8.46. The zero-order chi connectivity index (χ0) is 18.0. The van der Waals surface area contributed by atoms with Crippen LogP contribution in [-0.4, -0.2) is 79.7 Å². The van der Waals surface area contributed by atoms with Gasteiger partial charge in [-0.05, 0) is 24.1 Å². The third-order valence-electron chi connectivity index (χ3n) is 5.12. The Kier molecular flexibility index (Phi) is 4.96. The molecule has 2 fully saturated rings. The van der Waals surface area contributed by atoms with Gasteiger partial charge in [0.05, 0.1) is 13.7 Å². The summed E-state index contributed by atoms with van der Waals surface area (Å²) in [6.07, 6.45) is 0.648. The lowest BCUT2D eigenvalue weighted by Crippen LogP contribution is -2.52. The fourth-order valence-corrected chi connectivity index (χ4v) is 3.80. The Hall–Kier alpha value is -2.12. The number of nitrogens with zero attached hydrogens (tertiary/aromatic N) is 3. The number of carbonyl (C=O) groups is 2. The van der Waals surface area contributed by atoms with Crippen LogP contribution >= 0.6 is 0 Å². The van der Waals surface area contributed by atoms with Crippen LogP contribution in [0.3, 0.4) is 0 Å². The molecule has 0 bridgehead atoms. The number of methoxy groups -OCH3 is 2. The van der Waals surface area contributed by atoms with Gasteiger partial charge in [0, 0.05) is 40.3 Å². The summed E-state index contributed by atoms with van der Waals surface area (Å²) in [5.41, 5.74) is 0.369. The van der Waals surface area contributed by atoms with Gasteiger partial charge < -0.3 is 14.4 Å². The van der Waals surface area contributed by atoms with Crippen molar-refractivity contribution < 1.29 is 19.1 Å². The van der Waals surface area contributed by atoms with Crippen molar-refractivity contribution in [2.45, 2.75) is 18.5 Å². The van der Waals surface area contributed by atoms with Crippen LogP contribution < -0.4 is 4.74 Å². The summed E-state index contributed by atoms with van der Waals surface area (Å²) in [7, 11) is 4.81. The Bertz CT molecular complexity index is 665. The molecular formula is C18H25N3O4. The van der Waals surface area contributed by atoms with Gasteiger partial charge in [0.15, 0.2) is 0 Å². The van der Waals surface area contributed by atoms with Crippen molar-refractivity contribution in [3.05, 3.63) is 29.8 Å². The van der Waals surface area contributed by atoms with Gasteiger partial charge >= 0.3 is 6.03 Å². The molecule has 25 heavy (non-hydrogen) atoms. The van der Waals surface area contributed by atoms with E-state index in [1.54, 1.807) is 26.2 Å². The van der Waals surface area contributed by atoms with Crippen molar-refractivity contribution in [3.8, 4) is 5.75 Å². The molecule has 1 atom stereocenters. The molecule has 2 aliphatic rings. The number of hydrogen-bond acceptors (Lipinski definition) is 5. The molecule has 0 radical (unpaired) electrons. The zero-order valence-corrected chi connectivity index (χ0v) is 15.0. The van der Waals surface area contributed by atoms with Crippen LogP contribution in [-0.2, 0) is 16.1 Å². The van der Waals surface area contributed by atoms with Gasteiger partial charge in [-0.2, -0.15) is 0 Å².